The number of rotatable bonds is 3. The summed E-state index contributed by atoms with van der Waals surface area (Å²) in [6, 6.07) is 16.6. The van der Waals surface area contributed by atoms with E-state index in [1.807, 2.05) is 22.7 Å². The molecule has 0 spiro atoms. The van der Waals surface area contributed by atoms with Crippen LogP contribution in [0.3, 0.4) is 0 Å². The van der Waals surface area contributed by atoms with Crippen LogP contribution < -0.4 is 0 Å². The number of hydrogen-bond acceptors (Lipinski definition) is 2. The van der Waals surface area contributed by atoms with E-state index >= 15 is 0 Å². The number of pyridine rings is 1. The van der Waals surface area contributed by atoms with Gasteiger partial charge >= 0.3 is 0 Å². The molecule has 0 atom stereocenters. The van der Waals surface area contributed by atoms with E-state index in [1.165, 1.54) is 18.2 Å². The molecule has 0 saturated heterocycles. The first kappa shape index (κ1) is 16.4. The van der Waals surface area contributed by atoms with Gasteiger partial charge in [0.05, 0.1) is 11.9 Å². The molecule has 3 heterocycles. The van der Waals surface area contributed by atoms with Crippen LogP contribution in [0.4, 0.5) is 8.78 Å². The third-order valence-corrected chi connectivity index (χ3v) is 4.73. The van der Waals surface area contributed by atoms with Gasteiger partial charge in [0, 0.05) is 34.6 Å². The average Bonchev–Trinajstić information content (AvgIpc) is 3.35. The molecule has 0 amide bonds. The van der Waals surface area contributed by atoms with E-state index < -0.39 is 0 Å². The number of H-pyrrole nitrogens is 1. The predicted molar refractivity (Wildman–Crippen MR) is 104 cm³/mol. The van der Waals surface area contributed by atoms with Crippen molar-refractivity contribution >= 4 is 5.65 Å². The topological polar surface area (TPSA) is 46.0 Å². The molecule has 0 fully saturated rings. The monoisotopic (exact) mass is 372 g/mol. The Morgan fingerprint density at radius 1 is 0.821 bits per heavy atom. The van der Waals surface area contributed by atoms with Gasteiger partial charge in [-0.25, -0.2) is 13.8 Å². The molecule has 0 aliphatic rings. The average molecular weight is 372 g/mol. The van der Waals surface area contributed by atoms with Crippen LogP contribution in [0.5, 0.6) is 0 Å². The fraction of sp³-hybridized carbons (Fsp3) is 0. The van der Waals surface area contributed by atoms with Gasteiger partial charge in [0.1, 0.15) is 23.0 Å². The summed E-state index contributed by atoms with van der Waals surface area (Å²) in [5, 5.41) is 7.08. The Bertz CT molecular complexity index is 1290. The summed E-state index contributed by atoms with van der Waals surface area (Å²) >= 11 is 0. The molecule has 136 valence electrons. The van der Waals surface area contributed by atoms with E-state index in [9.17, 15) is 8.78 Å². The molecule has 0 radical (unpaired) electrons. The summed E-state index contributed by atoms with van der Waals surface area (Å²) in [5.74, 6) is -0.613. The van der Waals surface area contributed by atoms with Crippen molar-refractivity contribution in [2.24, 2.45) is 0 Å². The number of imidazole rings is 1. The molecule has 5 aromatic rings. The van der Waals surface area contributed by atoms with Crippen LogP contribution in [-0.4, -0.2) is 19.6 Å². The van der Waals surface area contributed by atoms with Gasteiger partial charge in [-0.05, 0) is 48.5 Å². The first-order valence-corrected chi connectivity index (χ1v) is 8.73. The second kappa shape index (κ2) is 6.42. The summed E-state index contributed by atoms with van der Waals surface area (Å²) in [7, 11) is 0. The first-order valence-electron chi connectivity index (χ1n) is 8.73. The van der Waals surface area contributed by atoms with E-state index in [0.29, 0.717) is 11.3 Å². The van der Waals surface area contributed by atoms with Gasteiger partial charge in [0.15, 0.2) is 0 Å². The third kappa shape index (κ3) is 2.66. The van der Waals surface area contributed by atoms with Gasteiger partial charge in [-0.2, -0.15) is 5.10 Å². The highest BCUT2D eigenvalue weighted by atomic mass is 19.1. The van der Waals surface area contributed by atoms with E-state index in [4.69, 9.17) is 0 Å². The molecule has 4 nitrogen and oxygen atoms in total. The highest BCUT2D eigenvalue weighted by Crippen LogP contribution is 2.32. The Morgan fingerprint density at radius 3 is 2.43 bits per heavy atom. The number of nitrogens with one attached hydrogen (secondary N) is 1. The second-order valence-corrected chi connectivity index (χ2v) is 6.42. The molecule has 0 bridgehead atoms. The molecule has 2 aromatic carbocycles. The maximum Gasteiger partial charge on any atom is 0.137 e. The number of nitrogens with zero attached hydrogens (tertiary/aromatic N) is 3. The zero-order chi connectivity index (χ0) is 19.1. The van der Waals surface area contributed by atoms with Gasteiger partial charge in [-0.1, -0.05) is 12.1 Å². The Labute approximate surface area is 159 Å². The van der Waals surface area contributed by atoms with Crippen LogP contribution in [0.25, 0.3) is 39.3 Å². The highest BCUT2D eigenvalue weighted by Gasteiger charge is 2.15. The molecular weight excluding hydrogens is 358 g/mol. The minimum Gasteiger partial charge on any atom is -0.299 e. The standard InChI is InChI=1S/C22H14F2N4/c23-16-8-5-14(6-9-16)20-12-25-21-10-7-15(13-28(20)21)18-11-26-27-22(18)17-3-1-2-4-19(17)24/h1-13H,(H,26,27). The molecule has 0 unspecified atom stereocenters. The molecule has 0 aliphatic heterocycles. The van der Waals surface area contributed by atoms with Gasteiger partial charge in [-0.15, -0.1) is 0 Å². The lowest BCUT2D eigenvalue weighted by atomic mass is 10.0. The summed E-state index contributed by atoms with van der Waals surface area (Å²) in [5.41, 5.74) is 5.08. The van der Waals surface area contributed by atoms with Crippen molar-refractivity contribution in [1.29, 1.82) is 0 Å². The van der Waals surface area contributed by atoms with Crippen LogP contribution in [0.15, 0.2) is 79.3 Å². The number of benzene rings is 2. The molecule has 0 aliphatic carbocycles. The molecule has 5 rings (SSSR count). The van der Waals surface area contributed by atoms with Crippen molar-refractivity contribution < 1.29 is 8.78 Å². The molecular formula is C22H14F2N4. The van der Waals surface area contributed by atoms with Crippen molar-refractivity contribution in [2.45, 2.75) is 0 Å². The van der Waals surface area contributed by atoms with Crippen LogP contribution >= 0.6 is 0 Å². The van der Waals surface area contributed by atoms with E-state index in [2.05, 4.69) is 15.2 Å². The Hall–Kier alpha value is -3.80. The molecule has 3 aromatic heterocycles. The lowest BCUT2D eigenvalue weighted by molar-refractivity contribution is 0.628. The van der Waals surface area contributed by atoms with Crippen molar-refractivity contribution in [1.82, 2.24) is 19.6 Å². The Kier molecular flexibility index (Phi) is 3.76. The maximum absolute atomic E-state index is 14.3. The third-order valence-electron chi connectivity index (χ3n) is 4.73. The van der Waals surface area contributed by atoms with Gasteiger partial charge in [-0.3, -0.25) is 9.50 Å². The van der Waals surface area contributed by atoms with Crippen molar-refractivity contribution in [3.63, 3.8) is 0 Å². The van der Waals surface area contributed by atoms with Crippen molar-refractivity contribution in [3.8, 4) is 33.6 Å². The highest BCUT2D eigenvalue weighted by molar-refractivity contribution is 5.81. The fourth-order valence-electron chi connectivity index (χ4n) is 3.34. The second-order valence-electron chi connectivity index (χ2n) is 6.42. The lowest BCUT2D eigenvalue weighted by Crippen LogP contribution is -1.92. The summed E-state index contributed by atoms with van der Waals surface area (Å²) in [6.07, 6.45) is 5.42. The zero-order valence-electron chi connectivity index (χ0n) is 14.6. The van der Waals surface area contributed by atoms with Crippen LogP contribution in [0.2, 0.25) is 0 Å². The minimum atomic E-state index is -0.327. The maximum atomic E-state index is 14.3. The summed E-state index contributed by atoms with van der Waals surface area (Å²) in [6.45, 7) is 0. The van der Waals surface area contributed by atoms with Crippen molar-refractivity contribution in [2.75, 3.05) is 0 Å². The summed E-state index contributed by atoms with van der Waals surface area (Å²) < 4.78 is 29.5. The fourth-order valence-corrected chi connectivity index (χ4v) is 3.34. The quantitative estimate of drug-likeness (QED) is 0.465. The number of aromatic amines is 1. The van der Waals surface area contributed by atoms with Crippen LogP contribution in [0, 0.1) is 11.6 Å². The predicted octanol–water partition coefficient (Wildman–Crippen LogP) is 5.34. The van der Waals surface area contributed by atoms with Gasteiger partial charge < -0.3 is 0 Å². The van der Waals surface area contributed by atoms with Crippen LogP contribution in [0.1, 0.15) is 0 Å². The lowest BCUT2D eigenvalue weighted by Gasteiger charge is -2.07. The summed E-state index contributed by atoms with van der Waals surface area (Å²) in [4.78, 5) is 4.42. The van der Waals surface area contributed by atoms with Crippen LogP contribution in [-0.2, 0) is 0 Å². The van der Waals surface area contributed by atoms with E-state index in [0.717, 1.165) is 28.0 Å². The minimum absolute atomic E-state index is 0.286. The normalized spacial score (nSPS) is 11.2. The SMILES string of the molecule is Fc1ccc(-c2cnc3ccc(-c4c[nH]nc4-c4ccccc4F)cn23)cc1. The number of halogens is 2. The van der Waals surface area contributed by atoms with Crippen molar-refractivity contribution in [3.05, 3.63) is 90.9 Å². The van der Waals surface area contributed by atoms with Gasteiger partial charge in [0.25, 0.3) is 0 Å². The first-order chi connectivity index (χ1) is 13.7. The molecule has 6 heteroatoms. The smallest absolute Gasteiger partial charge is 0.137 e. The zero-order valence-corrected chi connectivity index (χ0v) is 14.6. The van der Waals surface area contributed by atoms with E-state index in [-0.39, 0.29) is 11.6 Å². The largest absolute Gasteiger partial charge is 0.299 e. The molecule has 1 N–H and O–H groups in total. The Morgan fingerprint density at radius 2 is 1.61 bits per heavy atom. The number of aromatic nitrogens is 4. The number of fused-ring (bicyclic) bond motifs is 1. The Balaban J connectivity index is 1.66. The van der Waals surface area contributed by atoms with E-state index in [1.54, 1.807) is 42.7 Å². The molecule has 0 saturated carbocycles. The number of hydrogen-bond donors (Lipinski definition) is 1. The van der Waals surface area contributed by atoms with Gasteiger partial charge in [0.2, 0.25) is 0 Å². The molecule has 28 heavy (non-hydrogen) atoms.